The van der Waals surface area contributed by atoms with Gasteiger partial charge in [-0.2, -0.15) is 8.42 Å². The first-order valence-corrected chi connectivity index (χ1v) is 9.19. The minimum atomic E-state index is -3.58. The van der Waals surface area contributed by atoms with E-state index >= 15 is 0 Å². The van der Waals surface area contributed by atoms with E-state index in [2.05, 4.69) is 11.9 Å². The maximum atomic E-state index is 11.7. The highest BCUT2D eigenvalue weighted by Gasteiger charge is 2.21. The molecule has 0 saturated carbocycles. The smallest absolute Gasteiger partial charge is 0.273 e. The van der Waals surface area contributed by atoms with E-state index in [-0.39, 0.29) is 6.61 Å². The highest BCUT2D eigenvalue weighted by molar-refractivity contribution is 7.84. The van der Waals surface area contributed by atoms with Gasteiger partial charge in [-0.3, -0.25) is 9.18 Å². The van der Waals surface area contributed by atoms with Crippen molar-refractivity contribution in [1.29, 1.82) is 0 Å². The first kappa shape index (κ1) is 17.4. The summed E-state index contributed by atoms with van der Waals surface area (Å²) in [6.07, 6.45) is 12.2. The summed E-state index contributed by atoms with van der Waals surface area (Å²) < 4.78 is 29.5. The van der Waals surface area contributed by atoms with Crippen LogP contribution in [0.5, 0.6) is 0 Å². The maximum absolute atomic E-state index is 11.7. The van der Waals surface area contributed by atoms with E-state index in [9.17, 15) is 8.42 Å². The lowest BCUT2D eigenvalue weighted by Gasteiger charge is -2.13. The molecule has 0 bridgehead atoms. The molecule has 0 atom stereocenters. The van der Waals surface area contributed by atoms with Gasteiger partial charge in [0.05, 0.1) is 19.7 Å². The second-order valence-corrected chi connectivity index (χ2v) is 6.80. The van der Waals surface area contributed by atoms with E-state index in [1.54, 1.807) is 0 Å². The monoisotopic (exact) mass is 304 g/mol. The highest BCUT2D eigenvalue weighted by Crippen LogP contribution is 2.11. The largest absolute Gasteiger partial charge is 0.363 e. The zero-order valence-corrected chi connectivity index (χ0v) is 13.4. The lowest BCUT2D eigenvalue weighted by molar-refractivity contribution is 0.286. The van der Waals surface area contributed by atoms with Crippen LogP contribution in [0, 0.1) is 0 Å². The summed E-state index contributed by atoms with van der Waals surface area (Å²) in [4.78, 5) is 3.87. The fourth-order valence-corrected chi connectivity index (χ4v) is 3.13. The van der Waals surface area contributed by atoms with Gasteiger partial charge in [0.15, 0.2) is 0 Å². The van der Waals surface area contributed by atoms with Crippen LogP contribution in [0.4, 0.5) is 0 Å². The molecule has 0 spiro atoms. The van der Waals surface area contributed by atoms with Crippen LogP contribution in [0.1, 0.15) is 64.7 Å². The molecule has 0 radical (unpaired) electrons. The van der Waals surface area contributed by atoms with Crippen LogP contribution < -0.4 is 0 Å². The predicted octanol–water partition coefficient (Wildman–Crippen LogP) is 3.12. The fourth-order valence-electron chi connectivity index (χ4n) is 2.18. The van der Waals surface area contributed by atoms with Crippen LogP contribution in [0.2, 0.25) is 0 Å². The van der Waals surface area contributed by atoms with Gasteiger partial charge in [0, 0.05) is 0 Å². The molecule has 1 aliphatic heterocycles. The Morgan fingerprint density at radius 1 is 1.05 bits per heavy atom. The number of hydrogen-bond donors (Lipinski definition) is 0. The van der Waals surface area contributed by atoms with Gasteiger partial charge in [-0.15, -0.1) is 0 Å². The third-order valence-electron chi connectivity index (χ3n) is 3.43. The Kier molecular flexibility index (Phi) is 8.85. The van der Waals surface area contributed by atoms with Crippen LogP contribution in [-0.4, -0.2) is 38.8 Å². The highest BCUT2D eigenvalue weighted by atomic mass is 32.2. The number of nitrogens with zero attached hydrogens (tertiary/aromatic N) is 2. The van der Waals surface area contributed by atoms with Crippen molar-refractivity contribution < 1.29 is 12.6 Å². The fraction of sp³-hybridized carbons (Fsp3) is 0.929. The summed E-state index contributed by atoms with van der Waals surface area (Å²) in [6.45, 7) is 3.44. The molecule has 0 saturated heterocycles. The van der Waals surface area contributed by atoms with Crippen molar-refractivity contribution in [2.45, 2.75) is 64.7 Å². The van der Waals surface area contributed by atoms with Gasteiger partial charge in [0.2, 0.25) is 0 Å². The predicted molar refractivity (Wildman–Crippen MR) is 82.2 cm³/mol. The topological polar surface area (TPSA) is 59.0 Å². The molecule has 20 heavy (non-hydrogen) atoms. The molecule has 5 nitrogen and oxygen atoms in total. The Bertz CT molecular complexity index is 369. The summed E-state index contributed by atoms with van der Waals surface area (Å²) in [6, 6.07) is 0. The average molecular weight is 304 g/mol. The molecule has 0 unspecified atom stereocenters. The number of rotatable bonds is 12. The zero-order chi connectivity index (χ0) is 14.7. The third-order valence-corrected chi connectivity index (χ3v) is 4.74. The van der Waals surface area contributed by atoms with Crippen molar-refractivity contribution in [3.05, 3.63) is 0 Å². The standard InChI is InChI=1S/C14H28N2O3S/c1-2-3-4-5-6-7-8-9-10-13-19-20(17,18)16-12-11-15-14-16/h14H,2-13H2,1H3. The van der Waals surface area contributed by atoms with Crippen LogP contribution in [0.25, 0.3) is 0 Å². The van der Waals surface area contributed by atoms with Gasteiger partial charge in [-0.05, 0) is 6.42 Å². The van der Waals surface area contributed by atoms with Crippen molar-refractivity contribution in [2.75, 3.05) is 19.7 Å². The van der Waals surface area contributed by atoms with Crippen molar-refractivity contribution >= 4 is 16.6 Å². The van der Waals surface area contributed by atoms with E-state index in [1.165, 1.54) is 55.6 Å². The Labute approximate surface area is 123 Å². The summed E-state index contributed by atoms with van der Waals surface area (Å²) in [5.41, 5.74) is 0. The molecular weight excluding hydrogens is 276 g/mol. The lowest BCUT2D eigenvalue weighted by atomic mass is 10.1. The maximum Gasteiger partial charge on any atom is 0.363 e. The third kappa shape index (κ3) is 7.24. The van der Waals surface area contributed by atoms with E-state index in [0.717, 1.165) is 12.8 Å². The van der Waals surface area contributed by atoms with Crippen LogP contribution in [-0.2, 0) is 14.5 Å². The summed E-state index contributed by atoms with van der Waals surface area (Å²) >= 11 is 0. The average Bonchev–Trinajstić information content (AvgIpc) is 2.96. The first-order valence-electron chi connectivity index (χ1n) is 7.83. The molecule has 0 N–H and O–H groups in total. The van der Waals surface area contributed by atoms with E-state index in [0.29, 0.717) is 13.1 Å². The number of aliphatic imine (C=N–C) groups is 1. The van der Waals surface area contributed by atoms with Crippen LogP contribution in [0.15, 0.2) is 4.99 Å². The zero-order valence-electron chi connectivity index (χ0n) is 12.6. The number of unbranched alkanes of at least 4 members (excludes halogenated alkanes) is 8. The Balaban J connectivity index is 1.93. The number of hydrogen-bond acceptors (Lipinski definition) is 4. The minimum absolute atomic E-state index is 0.280. The molecule has 0 aliphatic carbocycles. The second kappa shape index (κ2) is 10.2. The second-order valence-electron chi connectivity index (χ2n) is 5.24. The molecule has 0 fully saturated rings. The SMILES string of the molecule is CCCCCCCCCCCOS(=O)(=O)N1C=NCC1. The van der Waals surface area contributed by atoms with E-state index in [4.69, 9.17) is 4.18 Å². The van der Waals surface area contributed by atoms with Crippen molar-refractivity contribution in [1.82, 2.24) is 4.31 Å². The molecule has 0 amide bonds. The van der Waals surface area contributed by atoms with Crippen molar-refractivity contribution in [3.8, 4) is 0 Å². The molecule has 1 heterocycles. The van der Waals surface area contributed by atoms with Gasteiger partial charge >= 0.3 is 10.3 Å². The molecular formula is C14H28N2O3S. The van der Waals surface area contributed by atoms with E-state index in [1.807, 2.05) is 0 Å². The molecule has 0 aromatic heterocycles. The molecule has 118 valence electrons. The Hall–Kier alpha value is -0.620. The van der Waals surface area contributed by atoms with E-state index < -0.39 is 10.3 Å². The molecule has 0 aromatic carbocycles. The molecule has 0 aromatic rings. The summed E-state index contributed by atoms with van der Waals surface area (Å²) in [7, 11) is -3.58. The van der Waals surface area contributed by atoms with Crippen molar-refractivity contribution in [2.24, 2.45) is 4.99 Å². The van der Waals surface area contributed by atoms with Crippen LogP contribution >= 0.6 is 0 Å². The molecule has 1 aliphatic rings. The van der Waals surface area contributed by atoms with Crippen molar-refractivity contribution in [3.63, 3.8) is 0 Å². The lowest BCUT2D eigenvalue weighted by Crippen LogP contribution is -2.30. The van der Waals surface area contributed by atoms with Gasteiger partial charge in [-0.1, -0.05) is 58.3 Å². The Morgan fingerprint density at radius 3 is 2.20 bits per heavy atom. The molecule has 1 rings (SSSR count). The summed E-state index contributed by atoms with van der Waals surface area (Å²) in [5.74, 6) is 0. The van der Waals surface area contributed by atoms with Gasteiger partial charge in [0.25, 0.3) is 0 Å². The van der Waals surface area contributed by atoms with Gasteiger partial charge in [-0.25, -0.2) is 4.31 Å². The van der Waals surface area contributed by atoms with Gasteiger partial charge in [0.1, 0.15) is 6.34 Å². The summed E-state index contributed by atoms with van der Waals surface area (Å²) in [5, 5.41) is 0. The van der Waals surface area contributed by atoms with Crippen LogP contribution in [0.3, 0.4) is 0 Å². The normalized spacial score (nSPS) is 15.2. The minimum Gasteiger partial charge on any atom is -0.273 e. The van der Waals surface area contributed by atoms with Gasteiger partial charge < -0.3 is 0 Å². The Morgan fingerprint density at radius 2 is 1.65 bits per heavy atom. The molecule has 6 heteroatoms. The quantitative estimate of drug-likeness (QED) is 0.520. The first-order chi connectivity index (χ1) is 9.67.